The molecule has 2 rings (SSSR count). The van der Waals surface area contributed by atoms with Crippen molar-refractivity contribution in [3.05, 3.63) is 24.0 Å². The average molecular weight is 286 g/mol. The van der Waals surface area contributed by atoms with Gasteiger partial charge in [-0.15, -0.1) is 0 Å². The summed E-state index contributed by atoms with van der Waals surface area (Å²) < 4.78 is 40.2. The van der Waals surface area contributed by atoms with Crippen molar-refractivity contribution < 1.29 is 12.8 Å². The van der Waals surface area contributed by atoms with Crippen LogP contribution in [0.4, 0.5) is 10.1 Å². The van der Waals surface area contributed by atoms with E-state index >= 15 is 0 Å². The minimum absolute atomic E-state index is 0.0254. The number of unbranched alkanes of at least 4 members (excludes halogenated alkanes) is 1. The van der Waals surface area contributed by atoms with E-state index < -0.39 is 15.8 Å². The number of benzene rings is 1. The Morgan fingerprint density at radius 1 is 1.42 bits per heavy atom. The second kappa shape index (κ2) is 5.46. The van der Waals surface area contributed by atoms with E-state index in [4.69, 9.17) is 5.73 Å². The van der Waals surface area contributed by atoms with Gasteiger partial charge in [-0.2, -0.15) is 4.31 Å². The van der Waals surface area contributed by atoms with Gasteiger partial charge in [-0.3, -0.25) is 0 Å². The topological polar surface area (TPSA) is 63.4 Å². The van der Waals surface area contributed by atoms with Gasteiger partial charge in [0.2, 0.25) is 10.0 Å². The molecule has 0 aliphatic heterocycles. The van der Waals surface area contributed by atoms with E-state index in [9.17, 15) is 12.8 Å². The fourth-order valence-electron chi connectivity index (χ4n) is 2.02. The predicted molar refractivity (Wildman–Crippen MR) is 72.6 cm³/mol. The highest BCUT2D eigenvalue weighted by molar-refractivity contribution is 7.89. The van der Waals surface area contributed by atoms with E-state index in [-0.39, 0.29) is 16.6 Å². The van der Waals surface area contributed by atoms with Crippen LogP contribution in [0.5, 0.6) is 0 Å². The van der Waals surface area contributed by atoms with Crippen molar-refractivity contribution in [3.8, 4) is 0 Å². The number of hydrogen-bond acceptors (Lipinski definition) is 3. The maximum atomic E-state index is 13.8. The zero-order valence-electron chi connectivity index (χ0n) is 11.0. The van der Waals surface area contributed by atoms with Gasteiger partial charge in [0.1, 0.15) is 10.7 Å². The monoisotopic (exact) mass is 286 g/mol. The molecule has 2 N–H and O–H groups in total. The first kappa shape index (κ1) is 14.3. The summed E-state index contributed by atoms with van der Waals surface area (Å²) in [5.74, 6) is -0.739. The highest BCUT2D eigenvalue weighted by Gasteiger charge is 2.38. The molecular weight excluding hydrogens is 267 g/mol. The van der Waals surface area contributed by atoms with Crippen LogP contribution in [0.3, 0.4) is 0 Å². The summed E-state index contributed by atoms with van der Waals surface area (Å²) >= 11 is 0. The molecular formula is C13H19FN2O2S. The molecule has 1 aliphatic rings. The van der Waals surface area contributed by atoms with Crippen LogP contribution >= 0.6 is 0 Å². The number of sulfonamides is 1. The molecule has 1 aromatic carbocycles. The molecule has 4 nitrogen and oxygen atoms in total. The fourth-order valence-corrected chi connectivity index (χ4v) is 3.84. The van der Waals surface area contributed by atoms with E-state index in [1.807, 2.05) is 6.92 Å². The minimum atomic E-state index is -3.78. The molecule has 0 amide bonds. The fraction of sp³-hybridized carbons (Fsp3) is 0.538. The largest absolute Gasteiger partial charge is 0.399 e. The summed E-state index contributed by atoms with van der Waals surface area (Å²) in [6.07, 6.45) is 3.39. The Labute approximate surface area is 113 Å². The van der Waals surface area contributed by atoms with Crippen LogP contribution in [0.25, 0.3) is 0 Å². The van der Waals surface area contributed by atoms with Gasteiger partial charge in [0.25, 0.3) is 0 Å². The predicted octanol–water partition coefficient (Wildman–Crippen LogP) is 2.36. The lowest BCUT2D eigenvalue weighted by Crippen LogP contribution is -2.34. The van der Waals surface area contributed by atoms with E-state index in [0.717, 1.165) is 31.7 Å². The average Bonchev–Trinajstić information content (AvgIpc) is 3.17. The van der Waals surface area contributed by atoms with Crippen LogP contribution in [0.2, 0.25) is 0 Å². The van der Waals surface area contributed by atoms with E-state index in [2.05, 4.69) is 0 Å². The van der Waals surface area contributed by atoms with E-state index in [0.29, 0.717) is 6.54 Å². The molecule has 19 heavy (non-hydrogen) atoms. The summed E-state index contributed by atoms with van der Waals surface area (Å²) in [4.78, 5) is -0.310. The molecule has 6 heteroatoms. The van der Waals surface area contributed by atoms with Crippen molar-refractivity contribution in [2.24, 2.45) is 0 Å². The molecule has 0 spiro atoms. The van der Waals surface area contributed by atoms with Crippen molar-refractivity contribution in [3.63, 3.8) is 0 Å². The zero-order valence-corrected chi connectivity index (χ0v) is 11.8. The highest BCUT2D eigenvalue weighted by Crippen LogP contribution is 2.33. The molecule has 0 aromatic heterocycles. The third kappa shape index (κ3) is 3.06. The lowest BCUT2D eigenvalue weighted by molar-refractivity contribution is 0.393. The Morgan fingerprint density at radius 2 is 2.11 bits per heavy atom. The van der Waals surface area contributed by atoms with Gasteiger partial charge in [-0.1, -0.05) is 13.3 Å². The minimum Gasteiger partial charge on any atom is -0.399 e. The van der Waals surface area contributed by atoms with Crippen molar-refractivity contribution in [2.45, 2.75) is 43.5 Å². The molecule has 0 atom stereocenters. The molecule has 0 unspecified atom stereocenters. The third-order valence-corrected chi connectivity index (χ3v) is 5.19. The molecule has 1 aromatic rings. The number of halogens is 1. The van der Waals surface area contributed by atoms with Crippen molar-refractivity contribution >= 4 is 15.7 Å². The van der Waals surface area contributed by atoms with Gasteiger partial charge in [0.15, 0.2) is 0 Å². The first-order chi connectivity index (χ1) is 8.96. The number of nitrogens with zero attached hydrogens (tertiary/aromatic N) is 1. The van der Waals surface area contributed by atoms with Gasteiger partial charge in [0.05, 0.1) is 0 Å². The molecule has 0 heterocycles. The highest BCUT2D eigenvalue weighted by atomic mass is 32.2. The lowest BCUT2D eigenvalue weighted by Gasteiger charge is -2.22. The van der Waals surface area contributed by atoms with Crippen LogP contribution in [0.1, 0.15) is 32.6 Å². The Hall–Kier alpha value is -1.14. The second-order valence-corrected chi connectivity index (χ2v) is 6.75. The second-order valence-electron chi connectivity index (χ2n) is 4.89. The Balaban J connectivity index is 2.35. The SMILES string of the molecule is CCCCN(C1CC1)S(=O)(=O)c1cc(N)ccc1F. The van der Waals surface area contributed by atoms with Crippen molar-refractivity contribution in [2.75, 3.05) is 12.3 Å². The Bertz CT molecular complexity index is 556. The number of nitrogens with two attached hydrogens (primary N) is 1. The first-order valence-electron chi connectivity index (χ1n) is 6.53. The van der Waals surface area contributed by atoms with Crippen molar-refractivity contribution in [1.29, 1.82) is 0 Å². The summed E-state index contributed by atoms with van der Waals surface area (Å²) in [6.45, 7) is 2.44. The van der Waals surface area contributed by atoms with Gasteiger partial charge in [-0.05, 0) is 37.5 Å². The maximum absolute atomic E-state index is 13.8. The van der Waals surface area contributed by atoms with Crippen LogP contribution in [-0.4, -0.2) is 25.3 Å². The standard InChI is InChI=1S/C13H19FN2O2S/c1-2-3-8-16(11-5-6-11)19(17,18)13-9-10(15)4-7-12(13)14/h4,7,9,11H,2-3,5-6,8,15H2,1H3. The van der Waals surface area contributed by atoms with Gasteiger partial charge in [-0.25, -0.2) is 12.8 Å². The van der Waals surface area contributed by atoms with Crippen LogP contribution in [0, 0.1) is 5.82 Å². The molecule has 1 saturated carbocycles. The smallest absolute Gasteiger partial charge is 0.246 e. The quantitative estimate of drug-likeness (QED) is 0.817. The van der Waals surface area contributed by atoms with Gasteiger partial charge in [0, 0.05) is 18.3 Å². The zero-order chi connectivity index (χ0) is 14.0. The molecule has 1 aliphatic carbocycles. The van der Waals surface area contributed by atoms with E-state index in [1.54, 1.807) is 0 Å². The van der Waals surface area contributed by atoms with Crippen LogP contribution < -0.4 is 5.73 Å². The van der Waals surface area contributed by atoms with Gasteiger partial charge < -0.3 is 5.73 Å². The van der Waals surface area contributed by atoms with Crippen molar-refractivity contribution in [1.82, 2.24) is 4.31 Å². The number of nitrogen functional groups attached to an aromatic ring is 1. The summed E-state index contributed by atoms with van der Waals surface area (Å²) in [5, 5.41) is 0. The molecule has 0 bridgehead atoms. The first-order valence-corrected chi connectivity index (χ1v) is 7.97. The Kier molecular flexibility index (Phi) is 4.10. The van der Waals surface area contributed by atoms with Crippen LogP contribution in [0.15, 0.2) is 23.1 Å². The maximum Gasteiger partial charge on any atom is 0.246 e. The lowest BCUT2D eigenvalue weighted by atomic mass is 10.3. The number of hydrogen-bond donors (Lipinski definition) is 1. The molecule has 0 radical (unpaired) electrons. The molecule has 106 valence electrons. The summed E-state index contributed by atoms with van der Waals surface area (Å²) in [6, 6.07) is 3.69. The third-order valence-electron chi connectivity index (χ3n) is 3.23. The van der Waals surface area contributed by atoms with Gasteiger partial charge >= 0.3 is 0 Å². The summed E-state index contributed by atoms with van der Waals surface area (Å²) in [7, 11) is -3.78. The number of anilines is 1. The molecule has 0 saturated heterocycles. The molecule has 1 fully saturated rings. The summed E-state index contributed by atoms with van der Waals surface area (Å²) in [5.41, 5.74) is 5.82. The van der Waals surface area contributed by atoms with Crippen LogP contribution in [-0.2, 0) is 10.0 Å². The number of rotatable bonds is 6. The Morgan fingerprint density at radius 3 is 2.68 bits per heavy atom. The van der Waals surface area contributed by atoms with E-state index in [1.165, 1.54) is 16.4 Å². The normalized spacial score (nSPS) is 15.9.